The number of nitrogens with zero attached hydrogens (tertiary/aromatic N) is 2. The maximum absolute atomic E-state index is 12.8. The monoisotopic (exact) mass is 509 g/mol. The van der Waals surface area contributed by atoms with Gasteiger partial charge in [0.05, 0.1) is 30.3 Å². The number of carbonyl (C=O) groups excluding carboxylic acids is 2. The van der Waals surface area contributed by atoms with Gasteiger partial charge in [-0.15, -0.1) is 0 Å². The number of methoxy groups -OCH3 is 1. The van der Waals surface area contributed by atoms with Crippen molar-refractivity contribution >= 4 is 24.9 Å². The number of benzene rings is 2. The molecule has 0 saturated heterocycles. The summed E-state index contributed by atoms with van der Waals surface area (Å²) in [5.74, 6) is -1.79. The second kappa shape index (κ2) is 11.0. The third kappa shape index (κ3) is 7.25. The standard InChI is InChI=1S/C27H32N3O5P/c1-27(2,3)35-25(31)20-14-10-13-19(16-20)22-17-28-23(30-24(26(32)34-4)36(5,6)33)21(29-22)15-18-11-8-7-9-12-18/h7-14,16-17,24H,15H2,1-6H3,(H,28,30). The van der Waals surface area contributed by atoms with Gasteiger partial charge < -0.3 is 19.4 Å². The number of nitrogens with one attached hydrogen (secondary N) is 1. The molecule has 1 N–H and O–H groups in total. The molecule has 8 nitrogen and oxygen atoms in total. The number of hydrogen-bond donors (Lipinski definition) is 1. The molecule has 0 amide bonds. The molecule has 0 spiro atoms. The van der Waals surface area contributed by atoms with Crippen LogP contribution in [0.4, 0.5) is 5.82 Å². The predicted octanol–water partition coefficient (Wildman–Crippen LogP) is 5.22. The summed E-state index contributed by atoms with van der Waals surface area (Å²) < 4.78 is 23.2. The quantitative estimate of drug-likeness (QED) is 0.325. The van der Waals surface area contributed by atoms with Gasteiger partial charge >= 0.3 is 11.9 Å². The van der Waals surface area contributed by atoms with E-state index in [1.54, 1.807) is 24.4 Å². The van der Waals surface area contributed by atoms with Crippen LogP contribution in [0.5, 0.6) is 0 Å². The van der Waals surface area contributed by atoms with E-state index in [0.29, 0.717) is 34.8 Å². The number of anilines is 1. The fourth-order valence-electron chi connectivity index (χ4n) is 3.45. The van der Waals surface area contributed by atoms with E-state index >= 15 is 0 Å². The molecule has 0 aliphatic carbocycles. The average molecular weight is 510 g/mol. The molecule has 2 aromatic carbocycles. The van der Waals surface area contributed by atoms with E-state index < -0.39 is 30.5 Å². The van der Waals surface area contributed by atoms with Crippen LogP contribution in [-0.4, -0.2) is 53.7 Å². The molecule has 36 heavy (non-hydrogen) atoms. The number of carbonyl (C=O) groups is 2. The van der Waals surface area contributed by atoms with Gasteiger partial charge in [0.25, 0.3) is 0 Å². The summed E-state index contributed by atoms with van der Waals surface area (Å²) in [7, 11) is -1.67. The molecule has 1 atom stereocenters. The zero-order valence-electron chi connectivity index (χ0n) is 21.4. The Balaban J connectivity index is 2.03. The second-order valence-corrected chi connectivity index (χ2v) is 13.2. The van der Waals surface area contributed by atoms with Gasteiger partial charge in [0, 0.05) is 12.0 Å². The number of hydrogen-bond acceptors (Lipinski definition) is 8. The summed E-state index contributed by atoms with van der Waals surface area (Å²) in [6.45, 7) is 8.48. The lowest BCUT2D eigenvalue weighted by Gasteiger charge is -2.22. The van der Waals surface area contributed by atoms with Crippen LogP contribution in [-0.2, 0) is 25.3 Å². The summed E-state index contributed by atoms with van der Waals surface area (Å²) >= 11 is 0. The lowest BCUT2D eigenvalue weighted by molar-refractivity contribution is -0.139. The lowest BCUT2D eigenvalue weighted by Crippen LogP contribution is -2.31. The molecular weight excluding hydrogens is 477 g/mol. The van der Waals surface area contributed by atoms with E-state index in [2.05, 4.69) is 10.3 Å². The maximum Gasteiger partial charge on any atom is 0.338 e. The van der Waals surface area contributed by atoms with Gasteiger partial charge in [-0.25, -0.2) is 19.6 Å². The minimum absolute atomic E-state index is 0.338. The smallest absolute Gasteiger partial charge is 0.338 e. The van der Waals surface area contributed by atoms with Crippen molar-refractivity contribution in [1.29, 1.82) is 0 Å². The molecule has 1 aromatic heterocycles. The van der Waals surface area contributed by atoms with E-state index in [-0.39, 0.29) is 0 Å². The number of ether oxygens (including phenoxy) is 2. The summed E-state index contributed by atoms with van der Waals surface area (Å²) in [5.41, 5.74) is 2.57. The van der Waals surface area contributed by atoms with Crippen molar-refractivity contribution in [3.63, 3.8) is 0 Å². The van der Waals surface area contributed by atoms with Crippen LogP contribution in [0.2, 0.25) is 0 Å². The Morgan fingerprint density at radius 2 is 1.75 bits per heavy atom. The van der Waals surface area contributed by atoms with Gasteiger partial charge in [0.15, 0.2) is 5.78 Å². The highest BCUT2D eigenvalue weighted by Gasteiger charge is 2.32. The molecule has 1 heterocycles. The van der Waals surface area contributed by atoms with Crippen molar-refractivity contribution in [3.05, 3.63) is 77.6 Å². The Hall–Kier alpha value is -3.51. The Morgan fingerprint density at radius 3 is 2.36 bits per heavy atom. The highest BCUT2D eigenvalue weighted by Crippen LogP contribution is 2.43. The maximum atomic E-state index is 12.8. The van der Waals surface area contributed by atoms with Crippen molar-refractivity contribution in [2.24, 2.45) is 0 Å². The van der Waals surface area contributed by atoms with Gasteiger partial charge in [-0.05, 0) is 51.8 Å². The number of esters is 2. The summed E-state index contributed by atoms with van der Waals surface area (Å²) in [5, 5.41) is 3.01. The van der Waals surface area contributed by atoms with Gasteiger partial charge in [-0.2, -0.15) is 0 Å². The van der Waals surface area contributed by atoms with Crippen molar-refractivity contribution in [2.75, 3.05) is 25.8 Å². The Bertz CT molecular complexity index is 1280. The Morgan fingerprint density at radius 1 is 1.06 bits per heavy atom. The molecular formula is C27H32N3O5P. The van der Waals surface area contributed by atoms with Crippen molar-refractivity contribution < 1.29 is 23.6 Å². The van der Waals surface area contributed by atoms with Crippen LogP contribution in [0.15, 0.2) is 60.8 Å². The largest absolute Gasteiger partial charge is 0.467 e. The van der Waals surface area contributed by atoms with Gasteiger partial charge in [-0.3, -0.25) is 0 Å². The van der Waals surface area contributed by atoms with Crippen molar-refractivity contribution in [2.45, 2.75) is 38.6 Å². The molecule has 0 fully saturated rings. The fraction of sp³-hybridized carbons (Fsp3) is 0.333. The van der Waals surface area contributed by atoms with E-state index in [0.717, 1.165) is 5.56 Å². The summed E-state index contributed by atoms with van der Waals surface area (Å²) in [6, 6.07) is 16.7. The third-order valence-corrected chi connectivity index (χ3v) is 6.76. The number of rotatable bonds is 8. The second-order valence-electron chi connectivity index (χ2n) is 9.80. The Kier molecular flexibility index (Phi) is 8.31. The molecule has 0 bridgehead atoms. The molecule has 9 heteroatoms. The molecule has 3 aromatic rings. The van der Waals surface area contributed by atoms with Crippen molar-refractivity contribution in [3.8, 4) is 11.3 Å². The van der Waals surface area contributed by atoms with Crippen LogP contribution < -0.4 is 5.32 Å². The first-order chi connectivity index (χ1) is 16.9. The first-order valence-electron chi connectivity index (χ1n) is 11.5. The molecule has 3 rings (SSSR count). The zero-order valence-corrected chi connectivity index (χ0v) is 22.3. The molecule has 1 unspecified atom stereocenters. The fourth-order valence-corrected chi connectivity index (χ4v) is 4.50. The van der Waals surface area contributed by atoms with E-state index in [1.807, 2.05) is 57.2 Å². The van der Waals surface area contributed by atoms with Crippen LogP contribution >= 0.6 is 7.14 Å². The van der Waals surface area contributed by atoms with Crippen LogP contribution in [0.1, 0.15) is 42.4 Å². The van der Waals surface area contributed by atoms with E-state index in [1.165, 1.54) is 20.4 Å². The minimum atomic E-state index is -2.93. The molecule has 0 radical (unpaired) electrons. The SMILES string of the molecule is COC(=O)C(Nc1ncc(-c2cccc(C(=O)OC(C)(C)C)c2)nc1Cc1ccccc1)P(C)(C)=O. The predicted molar refractivity (Wildman–Crippen MR) is 141 cm³/mol. The van der Waals surface area contributed by atoms with Gasteiger partial charge in [0.2, 0.25) is 0 Å². The third-order valence-electron chi connectivity index (χ3n) is 5.17. The normalized spacial score (nSPS) is 12.5. The number of aromatic nitrogens is 2. The van der Waals surface area contributed by atoms with Gasteiger partial charge in [-0.1, -0.05) is 42.5 Å². The first-order valence-corrected chi connectivity index (χ1v) is 14.2. The molecule has 0 aliphatic heterocycles. The summed E-state index contributed by atoms with van der Waals surface area (Å²) in [6.07, 6.45) is 1.97. The zero-order chi connectivity index (χ0) is 26.5. The topological polar surface area (TPSA) is 107 Å². The molecule has 0 aliphatic rings. The van der Waals surface area contributed by atoms with Crippen molar-refractivity contribution in [1.82, 2.24) is 9.97 Å². The van der Waals surface area contributed by atoms with Crippen LogP contribution in [0.3, 0.4) is 0 Å². The van der Waals surface area contributed by atoms with E-state index in [9.17, 15) is 14.2 Å². The Labute approximate surface area is 211 Å². The van der Waals surface area contributed by atoms with Crippen LogP contribution in [0.25, 0.3) is 11.3 Å². The molecule has 190 valence electrons. The van der Waals surface area contributed by atoms with E-state index in [4.69, 9.17) is 14.5 Å². The summed E-state index contributed by atoms with van der Waals surface area (Å²) in [4.78, 5) is 34.3. The van der Waals surface area contributed by atoms with Gasteiger partial charge in [0.1, 0.15) is 18.6 Å². The minimum Gasteiger partial charge on any atom is -0.467 e. The lowest BCUT2D eigenvalue weighted by atomic mass is 10.1. The highest BCUT2D eigenvalue weighted by molar-refractivity contribution is 7.64. The van der Waals surface area contributed by atoms with Crippen LogP contribution in [0, 0.1) is 0 Å². The highest BCUT2D eigenvalue weighted by atomic mass is 31.2. The molecule has 0 saturated carbocycles. The first kappa shape index (κ1) is 27.1. The average Bonchev–Trinajstić information content (AvgIpc) is 2.81.